The lowest BCUT2D eigenvalue weighted by molar-refractivity contribution is -0.128. The zero-order valence-electron chi connectivity index (χ0n) is 19.3. The van der Waals surface area contributed by atoms with Crippen molar-refractivity contribution in [2.45, 2.75) is 63.5 Å². The average molecular weight is 450 g/mol. The Morgan fingerprint density at radius 3 is 2.42 bits per heavy atom. The molecular formula is C28H35NO4. The molecule has 0 saturated carbocycles. The topological polar surface area (TPSA) is 66.8 Å². The van der Waals surface area contributed by atoms with Crippen LogP contribution in [0, 0.1) is 0 Å². The van der Waals surface area contributed by atoms with Crippen LogP contribution in [0.1, 0.15) is 60.9 Å². The maximum absolute atomic E-state index is 12.3. The third-order valence-electron chi connectivity index (χ3n) is 6.00. The van der Waals surface area contributed by atoms with Crippen molar-refractivity contribution in [1.82, 2.24) is 4.90 Å². The summed E-state index contributed by atoms with van der Waals surface area (Å²) in [6, 6.07) is 19.1. The van der Waals surface area contributed by atoms with E-state index in [1.54, 1.807) is 12.1 Å². The highest BCUT2D eigenvalue weighted by atomic mass is 16.5. The Balaban J connectivity index is 1.28. The van der Waals surface area contributed by atoms with Gasteiger partial charge in [-0.1, -0.05) is 79.9 Å². The quantitative estimate of drug-likeness (QED) is 0.267. The minimum Gasteiger partial charge on any atom is -0.462 e. The van der Waals surface area contributed by atoms with Gasteiger partial charge < -0.3 is 14.7 Å². The highest BCUT2D eigenvalue weighted by Crippen LogP contribution is 2.21. The molecule has 176 valence electrons. The second kappa shape index (κ2) is 13.6. The minimum atomic E-state index is -0.541. The first-order valence-electron chi connectivity index (χ1n) is 12.1. The number of hydrogen-bond acceptors (Lipinski definition) is 4. The van der Waals surface area contributed by atoms with Crippen LogP contribution in [-0.4, -0.2) is 47.2 Å². The highest BCUT2D eigenvalue weighted by molar-refractivity contribution is 5.89. The number of aliphatic hydroxyl groups is 1. The van der Waals surface area contributed by atoms with E-state index in [2.05, 4.69) is 0 Å². The predicted octanol–water partition coefficient (Wildman–Crippen LogP) is 4.94. The van der Waals surface area contributed by atoms with E-state index < -0.39 is 6.10 Å². The van der Waals surface area contributed by atoms with Crippen molar-refractivity contribution in [2.24, 2.45) is 0 Å². The first-order valence-corrected chi connectivity index (χ1v) is 12.1. The summed E-state index contributed by atoms with van der Waals surface area (Å²) in [4.78, 5) is 26.1. The van der Waals surface area contributed by atoms with Gasteiger partial charge in [0.1, 0.15) is 0 Å². The number of ether oxygens (including phenoxy) is 1. The molecule has 1 saturated heterocycles. The molecular weight excluding hydrogens is 414 g/mol. The van der Waals surface area contributed by atoms with Gasteiger partial charge in [0.05, 0.1) is 24.3 Å². The fourth-order valence-corrected chi connectivity index (χ4v) is 4.16. The summed E-state index contributed by atoms with van der Waals surface area (Å²) in [5, 5.41) is 10.3. The van der Waals surface area contributed by atoms with Crippen LogP contribution in [0.4, 0.5) is 0 Å². The fourth-order valence-electron chi connectivity index (χ4n) is 4.16. The Morgan fingerprint density at radius 2 is 1.67 bits per heavy atom. The molecule has 0 unspecified atom stereocenters. The first-order chi connectivity index (χ1) is 16.1. The zero-order chi connectivity index (χ0) is 23.3. The Morgan fingerprint density at radius 1 is 1.00 bits per heavy atom. The van der Waals surface area contributed by atoms with E-state index in [4.69, 9.17) is 4.74 Å². The van der Waals surface area contributed by atoms with E-state index in [9.17, 15) is 14.7 Å². The largest absolute Gasteiger partial charge is 0.462 e. The lowest BCUT2D eigenvalue weighted by Crippen LogP contribution is -2.32. The summed E-state index contributed by atoms with van der Waals surface area (Å²) < 4.78 is 5.31. The van der Waals surface area contributed by atoms with Gasteiger partial charge in [-0.3, -0.25) is 4.79 Å². The molecule has 5 heteroatoms. The van der Waals surface area contributed by atoms with E-state index in [1.165, 1.54) is 0 Å². The van der Waals surface area contributed by atoms with Gasteiger partial charge in [0, 0.05) is 19.4 Å². The van der Waals surface area contributed by atoms with Crippen LogP contribution in [0.15, 0.2) is 72.8 Å². The predicted molar refractivity (Wildman–Crippen MR) is 130 cm³/mol. The molecule has 1 N–H and O–H groups in total. The summed E-state index contributed by atoms with van der Waals surface area (Å²) in [6.45, 7) is 1.20. The number of nitrogens with zero attached hydrogens (tertiary/aromatic N) is 1. The van der Waals surface area contributed by atoms with Crippen LogP contribution < -0.4 is 0 Å². The van der Waals surface area contributed by atoms with Gasteiger partial charge in [0.15, 0.2) is 0 Å². The number of esters is 1. The van der Waals surface area contributed by atoms with E-state index in [0.717, 1.165) is 50.6 Å². The van der Waals surface area contributed by atoms with Crippen molar-refractivity contribution < 1.29 is 19.4 Å². The number of unbranched alkanes of at least 4 members (excludes halogenated alkanes) is 4. The van der Waals surface area contributed by atoms with Crippen molar-refractivity contribution in [3.05, 3.63) is 83.9 Å². The first kappa shape index (κ1) is 24.7. The number of aliphatic hydroxyl groups excluding tert-OH is 1. The molecule has 5 nitrogen and oxygen atoms in total. The number of amides is 1. The number of hydrogen-bond donors (Lipinski definition) is 1. The standard InChI is InChI=1S/C28H35NO4/c30-26(22-23-12-6-4-7-13-23)18-16-25-17-19-27(31)29(25)20-10-2-1-3-11-21-33-28(32)24-14-8-5-9-15-24/h4-9,12-16,18,25-26,30H,1-3,10-11,17,19-22H2/b18-16+/t25-,26+/m0/s1. The monoisotopic (exact) mass is 449 g/mol. The van der Waals surface area contributed by atoms with Crippen LogP contribution >= 0.6 is 0 Å². The molecule has 1 aliphatic heterocycles. The van der Waals surface area contributed by atoms with Gasteiger partial charge in [-0.05, 0) is 37.0 Å². The lowest BCUT2D eigenvalue weighted by atomic mass is 10.1. The molecule has 2 atom stereocenters. The van der Waals surface area contributed by atoms with Crippen LogP contribution in [0.5, 0.6) is 0 Å². The summed E-state index contributed by atoms with van der Waals surface area (Å²) in [6.07, 6.45) is 10.2. The SMILES string of the molecule is O=C(OCCCCCCCN1C(=O)CC[C@@H]1/C=C/[C@@H](O)Cc1ccccc1)c1ccccc1. The van der Waals surface area contributed by atoms with Crippen LogP contribution in [0.2, 0.25) is 0 Å². The van der Waals surface area contributed by atoms with Crippen molar-refractivity contribution >= 4 is 11.9 Å². The highest BCUT2D eigenvalue weighted by Gasteiger charge is 2.28. The molecule has 0 bridgehead atoms. The summed E-state index contributed by atoms with van der Waals surface area (Å²) in [7, 11) is 0. The molecule has 1 aliphatic rings. The van der Waals surface area contributed by atoms with Crippen molar-refractivity contribution in [3.8, 4) is 0 Å². The third-order valence-corrected chi connectivity index (χ3v) is 6.00. The van der Waals surface area contributed by atoms with Gasteiger partial charge >= 0.3 is 5.97 Å². The lowest BCUT2D eigenvalue weighted by Gasteiger charge is -2.22. The molecule has 1 fully saturated rings. The van der Waals surface area contributed by atoms with Crippen molar-refractivity contribution in [1.29, 1.82) is 0 Å². The zero-order valence-corrected chi connectivity index (χ0v) is 19.3. The molecule has 2 aromatic carbocycles. The van der Waals surface area contributed by atoms with E-state index in [0.29, 0.717) is 25.0 Å². The number of carbonyl (C=O) groups excluding carboxylic acids is 2. The summed E-state index contributed by atoms with van der Waals surface area (Å²) in [5.74, 6) is -0.0637. The smallest absolute Gasteiger partial charge is 0.338 e. The van der Waals surface area contributed by atoms with Crippen LogP contribution in [0.25, 0.3) is 0 Å². The summed E-state index contributed by atoms with van der Waals surface area (Å²) >= 11 is 0. The summed E-state index contributed by atoms with van der Waals surface area (Å²) in [5.41, 5.74) is 1.69. The molecule has 3 rings (SSSR count). The Bertz CT molecular complexity index is 881. The average Bonchev–Trinajstić information content (AvgIpc) is 3.19. The molecule has 1 heterocycles. The minimum absolute atomic E-state index is 0.0836. The number of likely N-dealkylation sites (tertiary alicyclic amines) is 1. The van der Waals surface area contributed by atoms with E-state index in [-0.39, 0.29) is 17.9 Å². The van der Waals surface area contributed by atoms with Gasteiger partial charge in [0.25, 0.3) is 0 Å². The van der Waals surface area contributed by atoms with E-state index in [1.807, 2.05) is 65.6 Å². The van der Waals surface area contributed by atoms with Crippen LogP contribution in [-0.2, 0) is 16.0 Å². The molecule has 2 aromatic rings. The third kappa shape index (κ3) is 8.50. The van der Waals surface area contributed by atoms with Crippen molar-refractivity contribution in [3.63, 3.8) is 0 Å². The van der Waals surface area contributed by atoms with Crippen LogP contribution in [0.3, 0.4) is 0 Å². The molecule has 0 aliphatic carbocycles. The second-order valence-electron chi connectivity index (χ2n) is 8.60. The van der Waals surface area contributed by atoms with Gasteiger partial charge in [-0.15, -0.1) is 0 Å². The Kier molecular flexibility index (Phi) is 10.2. The Labute approximate surface area is 197 Å². The molecule has 0 aromatic heterocycles. The number of rotatable bonds is 13. The van der Waals surface area contributed by atoms with Gasteiger partial charge in [0.2, 0.25) is 5.91 Å². The van der Waals surface area contributed by atoms with Gasteiger partial charge in [-0.2, -0.15) is 0 Å². The second-order valence-corrected chi connectivity index (χ2v) is 8.60. The molecule has 0 spiro atoms. The molecule has 33 heavy (non-hydrogen) atoms. The Hall–Kier alpha value is -2.92. The fraction of sp³-hybridized carbons (Fsp3) is 0.429. The number of benzene rings is 2. The number of carbonyl (C=O) groups is 2. The molecule has 0 radical (unpaired) electrons. The van der Waals surface area contributed by atoms with Crippen molar-refractivity contribution in [2.75, 3.05) is 13.2 Å². The normalized spacial score (nSPS) is 16.9. The van der Waals surface area contributed by atoms with E-state index >= 15 is 0 Å². The maximum atomic E-state index is 12.3. The molecule has 1 amide bonds. The van der Waals surface area contributed by atoms with Gasteiger partial charge in [-0.25, -0.2) is 4.79 Å². The maximum Gasteiger partial charge on any atom is 0.338 e.